The molecule has 6 rings (SSSR count). The number of halogens is 3. The quantitative estimate of drug-likeness (QED) is 0.508. The molecule has 2 N–H and O–H groups in total. The zero-order chi connectivity index (χ0) is 27.5. The number of aryl methyl sites for hydroxylation is 1. The highest BCUT2D eigenvalue weighted by Gasteiger charge is 2.61. The number of ether oxygens (including phenoxy) is 1. The van der Waals surface area contributed by atoms with Crippen molar-refractivity contribution in [1.82, 2.24) is 9.97 Å². The third-order valence-corrected chi connectivity index (χ3v) is 7.98. The molecule has 39 heavy (non-hydrogen) atoms. The second-order valence-corrected chi connectivity index (χ2v) is 10.2. The van der Waals surface area contributed by atoms with Crippen molar-refractivity contribution in [2.45, 2.75) is 19.0 Å². The van der Waals surface area contributed by atoms with E-state index in [0.717, 1.165) is 28.5 Å². The lowest BCUT2D eigenvalue weighted by Crippen LogP contribution is -2.57. The van der Waals surface area contributed by atoms with E-state index in [1.165, 1.54) is 6.07 Å². The minimum atomic E-state index is -4.66. The van der Waals surface area contributed by atoms with Gasteiger partial charge in [0, 0.05) is 46.6 Å². The second-order valence-electron chi connectivity index (χ2n) is 10.2. The van der Waals surface area contributed by atoms with Crippen molar-refractivity contribution >= 4 is 23.3 Å². The number of nitrogens with one attached hydrogen (secondary N) is 1. The maximum atomic E-state index is 13.2. The summed E-state index contributed by atoms with van der Waals surface area (Å²) in [4.78, 5) is 35.5. The fourth-order valence-electron chi connectivity index (χ4n) is 6.11. The van der Waals surface area contributed by atoms with Crippen molar-refractivity contribution in [3.63, 3.8) is 0 Å². The lowest BCUT2D eigenvalue weighted by Gasteiger charge is -2.52. The molecule has 0 spiro atoms. The molecule has 3 aromatic rings. The molecular formula is C28H25F3N4O4. The van der Waals surface area contributed by atoms with Gasteiger partial charge in [0.25, 0.3) is 5.91 Å². The van der Waals surface area contributed by atoms with Gasteiger partial charge in [0.2, 0.25) is 5.91 Å². The summed E-state index contributed by atoms with van der Waals surface area (Å²) < 4.78 is 44.8. The number of aliphatic hydroxyl groups is 1. The van der Waals surface area contributed by atoms with Gasteiger partial charge in [0.1, 0.15) is 11.5 Å². The van der Waals surface area contributed by atoms with Gasteiger partial charge in [-0.15, -0.1) is 0 Å². The Hall–Kier alpha value is -3.83. The zero-order valence-electron chi connectivity index (χ0n) is 20.9. The minimum Gasteiger partial charge on any atom is -0.395 e. The maximum absolute atomic E-state index is 13.2. The van der Waals surface area contributed by atoms with E-state index in [4.69, 9.17) is 4.74 Å². The van der Waals surface area contributed by atoms with Crippen LogP contribution in [0.3, 0.4) is 0 Å². The Kier molecular flexibility index (Phi) is 6.15. The first-order valence-electron chi connectivity index (χ1n) is 12.6. The van der Waals surface area contributed by atoms with E-state index in [1.807, 2.05) is 19.1 Å². The van der Waals surface area contributed by atoms with Gasteiger partial charge in [0.05, 0.1) is 32.3 Å². The van der Waals surface area contributed by atoms with Gasteiger partial charge in [-0.25, -0.2) is 4.98 Å². The van der Waals surface area contributed by atoms with Gasteiger partial charge in [0.15, 0.2) is 0 Å². The highest BCUT2D eigenvalue weighted by atomic mass is 19.4. The summed E-state index contributed by atoms with van der Waals surface area (Å²) in [7, 11) is 0. The fourth-order valence-corrected chi connectivity index (χ4v) is 6.11. The molecule has 3 unspecified atom stereocenters. The van der Waals surface area contributed by atoms with Crippen LogP contribution in [-0.4, -0.2) is 53.3 Å². The second kappa shape index (κ2) is 9.42. The Balaban J connectivity index is 1.33. The van der Waals surface area contributed by atoms with Crippen LogP contribution in [0.2, 0.25) is 0 Å². The van der Waals surface area contributed by atoms with Crippen LogP contribution in [-0.2, 0) is 15.7 Å². The molecule has 1 saturated carbocycles. The average molecular weight is 539 g/mol. The number of carbonyl (C=O) groups excluding carboxylic acids is 2. The van der Waals surface area contributed by atoms with E-state index in [0.29, 0.717) is 30.8 Å². The van der Waals surface area contributed by atoms with Gasteiger partial charge in [-0.2, -0.15) is 13.2 Å². The van der Waals surface area contributed by atoms with Crippen molar-refractivity contribution in [3.05, 3.63) is 71.2 Å². The first kappa shape index (κ1) is 25.4. The summed E-state index contributed by atoms with van der Waals surface area (Å²) >= 11 is 0. The fraction of sp³-hybridized carbons (Fsp3) is 0.357. The number of pyridine rings is 2. The number of β-amino-alcohol motifs (C(OH)–C–C–N with tert-alkyl or cyclic N) is 1. The van der Waals surface area contributed by atoms with Crippen molar-refractivity contribution < 1.29 is 32.6 Å². The molecule has 4 heterocycles. The summed E-state index contributed by atoms with van der Waals surface area (Å²) in [6.45, 7) is 3.03. The average Bonchev–Trinajstić information content (AvgIpc) is 3.30. The monoisotopic (exact) mass is 538 g/mol. The molecule has 1 saturated heterocycles. The molecule has 4 atom stereocenters. The molecule has 2 fully saturated rings. The standard InChI is InChI=1S/C28H25F3N4O4/c1-14-2-3-17(34-26(37)15-4-5-32-22(9-15)28(29,30)31)10-18(14)16-8-19-23-20-12-39-13-21(20)24(23)27(38)35(6-7-36)25(19)33-11-16/h2-5,8-11,20-21,23-24,36H,6-7,12-13H2,1H3,(H,34,37)/t20-,21?,23?,24?/m1/s1. The number of amides is 2. The summed E-state index contributed by atoms with van der Waals surface area (Å²) in [5, 5.41) is 12.3. The third-order valence-electron chi connectivity index (χ3n) is 7.98. The van der Waals surface area contributed by atoms with Crippen molar-refractivity contribution in [2.24, 2.45) is 17.8 Å². The topological polar surface area (TPSA) is 105 Å². The van der Waals surface area contributed by atoms with Crippen LogP contribution in [0.1, 0.15) is 33.1 Å². The molecular weight excluding hydrogens is 513 g/mol. The predicted molar refractivity (Wildman–Crippen MR) is 135 cm³/mol. The van der Waals surface area contributed by atoms with E-state index < -0.39 is 17.8 Å². The van der Waals surface area contributed by atoms with Crippen molar-refractivity contribution in [3.8, 4) is 11.1 Å². The highest BCUT2D eigenvalue weighted by Crippen LogP contribution is 2.60. The Morgan fingerprint density at radius 3 is 2.64 bits per heavy atom. The maximum Gasteiger partial charge on any atom is 0.433 e. The molecule has 2 amide bonds. The van der Waals surface area contributed by atoms with Crippen LogP contribution >= 0.6 is 0 Å². The van der Waals surface area contributed by atoms with Crippen LogP contribution in [0.25, 0.3) is 11.1 Å². The zero-order valence-corrected chi connectivity index (χ0v) is 20.9. The number of aliphatic hydroxyl groups excluding tert-OH is 1. The SMILES string of the molecule is Cc1ccc(NC(=O)c2ccnc(C(F)(F)F)c2)cc1-c1cnc2c(c1)C1C(C(=O)N2CCO)C2COC[C@H]21. The van der Waals surface area contributed by atoms with Crippen molar-refractivity contribution in [2.75, 3.05) is 36.6 Å². The van der Waals surface area contributed by atoms with Gasteiger partial charge in [-0.05, 0) is 54.3 Å². The predicted octanol–water partition coefficient (Wildman–Crippen LogP) is 4.04. The molecule has 0 bridgehead atoms. The third kappa shape index (κ3) is 4.25. The summed E-state index contributed by atoms with van der Waals surface area (Å²) in [5.41, 5.74) is 2.52. The Bertz CT molecular complexity index is 1480. The van der Waals surface area contributed by atoms with Gasteiger partial charge in [-0.1, -0.05) is 6.07 Å². The Morgan fingerprint density at radius 1 is 1.13 bits per heavy atom. The van der Waals surface area contributed by atoms with E-state index in [1.54, 1.807) is 23.2 Å². The summed E-state index contributed by atoms with van der Waals surface area (Å²) in [5.74, 6) is 0.00167. The molecule has 3 aliphatic rings. The molecule has 11 heteroatoms. The smallest absolute Gasteiger partial charge is 0.395 e. The van der Waals surface area contributed by atoms with Crippen LogP contribution in [0.4, 0.5) is 24.7 Å². The van der Waals surface area contributed by atoms with Crippen molar-refractivity contribution in [1.29, 1.82) is 0 Å². The largest absolute Gasteiger partial charge is 0.433 e. The van der Waals surface area contributed by atoms with Gasteiger partial charge in [-0.3, -0.25) is 19.5 Å². The highest BCUT2D eigenvalue weighted by molar-refractivity contribution is 6.04. The summed E-state index contributed by atoms with van der Waals surface area (Å²) in [6.07, 6.45) is -2.05. The molecule has 2 aliphatic heterocycles. The number of rotatable bonds is 5. The summed E-state index contributed by atoms with van der Waals surface area (Å²) in [6, 6.07) is 9.19. The van der Waals surface area contributed by atoms with Crippen LogP contribution in [0.15, 0.2) is 48.8 Å². The molecule has 1 aromatic carbocycles. The van der Waals surface area contributed by atoms with E-state index >= 15 is 0 Å². The van der Waals surface area contributed by atoms with Crippen LogP contribution in [0.5, 0.6) is 0 Å². The number of anilines is 2. The number of hydrogen-bond acceptors (Lipinski definition) is 6. The first-order valence-corrected chi connectivity index (χ1v) is 12.6. The normalized spacial score (nSPS) is 23.5. The number of fused-ring (bicyclic) bond motifs is 6. The molecule has 202 valence electrons. The van der Waals surface area contributed by atoms with Gasteiger partial charge >= 0.3 is 6.18 Å². The first-order chi connectivity index (χ1) is 18.7. The van der Waals surface area contributed by atoms with Gasteiger partial charge < -0.3 is 15.2 Å². The minimum absolute atomic E-state index is 0.0138. The number of hydrogen-bond donors (Lipinski definition) is 2. The molecule has 1 aliphatic carbocycles. The van der Waals surface area contributed by atoms with Crippen LogP contribution in [0, 0.1) is 24.7 Å². The molecule has 8 nitrogen and oxygen atoms in total. The lowest BCUT2D eigenvalue weighted by molar-refractivity contribution is -0.141. The Morgan fingerprint density at radius 2 is 1.90 bits per heavy atom. The van der Waals surface area contributed by atoms with Crippen LogP contribution < -0.4 is 10.2 Å². The molecule has 2 aromatic heterocycles. The Labute approximate surface area is 221 Å². The van der Waals surface area contributed by atoms with E-state index in [2.05, 4.69) is 15.3 Å². The number of nitrogens with zero attached hydrogens (tertiary/aromatic N) is 3. The number of benzene rings is 1. The number of carbonyl (C=O) groups is 2. The lowest BCUT2D eigenvalue weighted by atomic mass is 9.54. The van der Waals surface area contributed by atoms with E-state index in [9.17, 15) is 27.9 Å². The molecule has 0 radical (unpaired) electrons. The van der Waals surface area contributed by atoms with E-state index in [-0.39, 0.29) is 48.3 Å². The number of aromatic nitrogens is 2. The number of alkyl halides is 3.